The fraction of sp³-hybridized carbons (Fsp3) is 0.529. The van der Waals surface area contributed by atoms with Crippen LogP contribution in [0.4, 0.5) is 0 Å². The third-order valence-electron chi connectivity index (χ3n) is 4.15. The van der Waals surface area contributed by atoms with E-state index < -0.39 is 15.8 Å². The number of ether oxygens (including phenoxy) is 1. The van der Waals surface area contributed by atoms with Crippen LogP contribution in [0.2, 0.25) is 0 Å². The zero-order chi connectivity index (χ0) is 18.6. The Kier molecular flexibility index (Phi) is 6.05. The number of hydrogen-bond donors (Lipinski definition) is 1. The number of benzene rings is 1. The van der Waals surface area contributed by atoms with E-state index in [2.05, 4.69) is 0 Å². The van der Waals surface area contributed by atoms with Crippen molar-refractivity contribution in [1.82, 2.24) is 4.90 Å². The Hall–Kier alpha value is -2.09. The number of carboxylic acid groups (broad SMARTS) is 1. The molecular formula is C17H23NO6S. The summed E-state index contributed by atoms with van der Waals surface area (Å²) in [7, 11) is -3.10. The fourth-order valence-corrected chi connectivity index (χ4v) is 4.65. The van der Waals surface area contributed by atoms with Gasteiger partial charge in [0.1, 0.15) is 11.3 Å². The number of aromatic carboxylic acids is 1. The van der Waals surface area contributed by atoms with E-state index in [4.69, 9.17) is 4.74 Å². The van der Waals surface area contributed by atoms with E-state index in [0.29, 0.717) is 19.4 Å². The Morgan fingerprint density at radius 2 is 2.08 bits per heavy atom. The predicted octanol–water partition coefficient (Wildman–Crippen LogP) is 1.50. The van der Waals surface area contributed by atoms with Crippen molar-refractivity contribution in [1.29, 1.82) is 0 Å². The Balaban J connectivity index is 2.09. The number of sulfone groups is 1. The number of carboxylic acids is 1. The van der Waals surface area contributed by atoms with Gasteiger partial charge in [0.25, 0.3) is 5.91 Å². The molecule has 0 aromatic heterocycles. The van der Waals surface area contributed by atoms with Gasteiger partial charge in [0.2, 0.25) is 0 Å². The molecule has 1 aliphatic rings. The molecule has 138 valence electrons. The second-order valence-corrected chi connectivity index (χ2v) is 8.47. The van der Waals surface area contributed by atoms with E-state index in [0.717, 1.165) is 5.56 Å². The van der Waals surface area contributed by atoms with Gasteiger partial charge in [-0.25, -0.2) is 13.2 Å². The molecule has 0 aliphatic carbocycles. The average Bonchev–Trinajstić information content (AvgIpc) is 2.89. The first-order valence-corrected chi connectivity index (χ1v) is 10.0. The highest BCUT2D eigenvalue weighted by Crippen LogP contribution is 2.22. The summed E-state index contributed by atoms with van der Waals surface area (Å²) in [5.41, 5.74) is 0.809. The van der Waals surface area contributed by atoms with Gasteiger partial charge in [-0.2, -0.15) is 0 Å². The Bertz CT molecular complexity index is 758. The maximum atomic E-state index is 12.5. The molecule has 1 heterocycles. The predicted molar refractivity (Wildman–Crippen MR) is 92.7 cm³/mol. The van der Waals surface area contributed by atoms with Gasteiger partial charge in [-0.3, -0.25) is 4.79 Å². The lowest BCUT2D eigenvalue weighted by Gasteiger charge is -2.28. The van der Waals surface area contributed by atoms with E-state index in [9.17, 15) is 23.1 Å². The van der Waals surface area contributed by atoms with Crippen LogP contribution >= 0.6 is 0 Å². The van der Waals surface area contributed by atoms with Crippen LogP contribution in [-0.4, -0.2) is 61.0 Å². The Morgan fingerprint density at radius 3 is 2.64 bits per heavy atom. The summed E-state index contributed by atoms with van der Waals surface area (Å²) in [4.78, 5) is 25.3. The number of carbonyl (C=O) groups is 2. The lowest BCUT2D eigenvalue weighted by atomic mass is 10.1. The highest BCUT2D eigenvalue weighted by Gasteiger charge is 2.34. The van der Waals surface area contributed by atoms with Crippen molar-refractivity contribution in [2.75, 3.05) is 24.7 Å². The summed E-state index contributed by atoms with van der Waals surface area (Å²) in [6.07, 6.45) is 1.13. The van der Waals surface area contributed by atoms with Crippen LogP contribution in [0.5, 0.6) is 5.75 Å². The molecule has 1 aromatic rings. The SMILES string of the molecule is CCCN(C(=O)COc1cc(C)ccc1C(=O)O)[C@@H]1CCS(=O)(=O)C1. The highest BCUT2D eigenvalue weighted by molar-refractivity contribution is 7.91. The van der Waals surface area contributed by atoms with Gasteiger partial charge in [-0.05, 0) is 37.5 Å². The molecule has 1 aliphatic heterocycles. The molecule has 1 fully saturated rings. The van der Waals surface area contributed by atoms with Crippen molar-refractivity contribution < 1.29 is 27.9 Å². The van der Waals surface area contributed by atoms with Crippen LogP contribution < -0.4 is 4.74 Å². The molecule has 2 rings (SSSR count). The standard InChI is InChI=1S/C17H23NO6S/c1-3-7-18(13-6-8-25(22,23)11-13)16(19)10-24-15-9-12(2)4-5-14(15)17(20)21/h4-5,9,13H,3,6-8,10-11H2,1-2H3,(H,20,21)/t13-/m1/s1. The van der Waals surface area contributed by atoms with Crippen molar-refractivity contribution in [3.8, 4) is 5.75 Å². The van der Waals surface area contributed by atoms with Crippen LogP contribution in [0, 0.1) is 6.92 Å². The minimum Gasteiger partial charge on any atom is -0.483 e. The largest absolute Gasteiger partial charge is 0.483 e. The van der Waals surface area contributed by atoms with Crippen molar-refractivity contribution in [3.05, 3.63) is 29.3 Å². The number of amides is 1. The molecule has 1 atom stereocenters. The minimum absolute atomic E-state index is 0.0103. The fourth-order valence-electron chi connectivity index (χ4n) is 2.92. The number of carbonyl (C=O) groups excluding carboxylic acids is 1. The average molecular weight is 369 g/mol. The van der Waals surface area contributed by atoms with Crippen LogP contribution in [0.15, 0.2) is 18.2 Å². The monoisotopic (exact) mass is 369 g/mol. The first-order valence-electron chi connectivity index (χ1n) is 8.20. The molecule has 1 amide bonds. The summed E-state index contributed by atoms with van der Waals surface area (Å²) in [5, 5.41) is 9.20. The number of rotatable bonds is 7. The quantitative estimate of drug-likeness (QED) is 0.782. The van der Waals surface area contributed by atoms with E-state index in [-0.39, 0.29) is 41.4 Å². The summed E-state index contributed by atoms with van der Waals surface area (Å²) in [6, 6.07) is 4.33. The molecule has 0 unspecified atom stereocenters. The molecule has 1 N–H and O–H groups in total. The van der Waals surface area contributed by atoms with Crippen LogP contribution in [0.25, 0.3) is 0 Å². The Labute approximate surface area is 147 Å². The van der Waals surface area contributed by atoms with E-state index in [1.54, 1.807) is 24.0 Å². The van der Waals surface area contributed by atoms with Crippen molar-refractivity contribution >= 4 is 21.7 Å². The van der Waals surface area contributed by atoms with Gasteiger partial charge in [0, 0.05) is 12.6 Å². The molecule has 0 saturated carbocycles. The van der Waals surface area contributed by atoms with Gasteiger partial charge in [0.15, 0.2) is 16.4 Å². The van der Waals surface area contributed by atoms with Gasteiger partial charge in [0.05, 0.1) is 11.5 Å². The van der Waals surface area contributed by atoms with E-state index in [1.807, 2.05) is 6.92 Å². The zero-order valence-corrected chi connectivity index (χ0v) is 15.2. The van der Waals surface area contributed by atoms with Crippen molar-refractivity contribution in [2.45, 2.75) is 32.7 Å². The van der Waals surface area contributed by atoms with Gasteiger partial charge in [-0.15, -0.1) is 0 Å². The number of aryl methyl sites for hydroxylation is 1. The zero-order valence-electron chi connectivity index (χ0n) is 14.4. The minimum atomic E-state index is -3.10. The summed E-state index contributed by atoms with van der Waals surface area (Å²) >= 11 is 0. The maximum Gasteiger partial charge on any atom is 0.339 e. The van der Waals surface area contributed by atoms with Gasteiger partial charge >= 0.3 is 5.97 Å². The topological polar surface area (TPSA) is 101 Å². The summed E-state index contributed by atoms with van der Waals surface area (Å²) in [6.45, 7) is 3.84. The molecule has 1 saturated heterocycles. The molecule has 0 bridgehead atoms. The van der Waals surface area contributed by atoms with E-state index >= 15 is 0 Å². The molecule has 7 nitrogen and oxygen atoms in total. The van der Waals surface area contributed by atoms with Crippen LogP contribution in [-0.2, 0) is 14.6 Å². The molecule has 0 radical (unpaired) electrons. The van der Waals surface area contributed by atoms with E-state index in [1.165, 1.54) is 6.07 Å². The van der Waals surface area contributed by atoms with Gasteiger partial charge < -0.3 is 14.7 Å². The van der Waals surface area contributed by atoms with Crippen molar-refractivity contribution in [3.63, 3.8) is 0 Å². The lowest BCUT2D eigenvalue weighted by molar-refractivity contribution is -0.135. The summed E-state index contributed by atoms with van der Waals surface area (Å²) in [5.74, 6) is -1.26. The molecular weight excluding hydrogens is 346 g/mol. The third-order valence-corrected chi connectivity index (χ3v) is 5.90. The second kappa shape index (κ2) is 7.86. The molecule has 0 spiro atoms. The first kappa shape index (κ1) is 19.2. The molecule has 25 heavy (non-hydrogen) atoms. The normalized spacial score (nSPS) is 18.7. The second-order valence-electron chi connectivity index (χ2n) is 6.24. The maximum absolute atomic E-state index is 12.5. The highest BCUT2D eigenvalue weighted by atomic mass is 32.2. The van der Waals surface area contributed by atoms with Crippen LogP contribution in [0.3, 0.4) is 0 Å². The Morgan fingerprint density at radius 1 is 1.36 bits per heavy atom. The smallest absolute Gasteiger partial charge is 0.339 e. The van der Waals surface area contributed by atoms with Crippen molar-refractivity contribution in [2.24, 2.45) is 0 Å². The number of nitrogens with zero attached hydrogens (tertiary/aromatic N) is 1. The van der Waals surface area contributed by atoms with Gasteiger partial charge in [-0.1, -0.05) is 13.0 Å². The summed E-state index contributed by atoms with van der Waals surface area (Å²) < 4.78 is 28.8. The molecule has 8 heteroatoms. The first-order chi connectivity index (χ1) is 11.7. The number of hydrogen-bond acceptors (Lipinski definition) is 5. The lowest BCUT2D eigenvalue weighted by Crippen LogP contribution is -2.44. The van der Waals surface area contributed by atoms with Crippen LogP contribution in [0.1, 0.15) is 35.7 Å². The third kappa shape index (κ3) is 4.94. The molecule has 1 aromatic carbocycles.